The Morgan fingerprint density at radius 3 is 1.77 bits per heavy atom. The molecule has 0 aliphatic carbocycles. The van der Waals surface area contributed by atoms with Gasteiger partial charge in [-0.1, -0.05) is 109 Å². The molecule has 0 unspecified atom stereocenters. The molecule has 220 valence electrons. The number of fused-ring (bicyclic) bond motifs is 8. The second-order valence-corrected chi connectivity index (χ2v) is 12.1. The van der Waals surface area contributed by atoms with Gasteiger partial charge in [0, 0.05) is 44.1 Å². The first-order chi connectivity index (χ1) is 23.3. The highest BCUT2D eigenvalue weighted by Gasteiger charge is 2.21. The maximum atomic E-state index is 6.39. The fourth-order valence-corrected chi connectivity index (χ4v) is 7.29. The van der Waals surface area contributed by atoms with Gasteiger partial charge in [-0.05, 0) is 70.4 Å². The Labute approximate surface area is 270 Å². The lowest BCUT2D eigenvalue weighted by atomic mass is 9.95. The highest BCUT2D eigenvalue weighted by atomic mass is 16.3. The minimum Gasteiger partial charge on any atom is -0.456 e. The Kier molecular flexibility index (Phi) is 5.57. The van der Waals surface area contributed by atoms with E-state index in [1.165, 1.54) is 27.1 Å². The van der Waals surface area contributed by atoms with Crippen LogP contribution < -0.4 is 4.90 Å². The third-order valence-electron chi connectivity index (χ3n) is 9.46. The summed E-state index contributed by atoms with van der Waals surface area (Å²) < 4.78 is 12.5. The lowest BCUT2D eigenvalue weighted by Gasteiger charge is -2.28. The molecule has 0 saturated carbocycles. The Hall–Kier alpha value is -6.32. The predicted molar refractivity (Wildman–Crippen MR) is 196 cm³/mol. The minimum absolute atomic E-state index is 0.871. The number of hydrogen-bond acceptors (Lipinski definition) is 3. The van der Waals surface area contributed by atoms with Crippen molar-refractivity contribution in [2.24, 2.45) is 0 Å². The number of nitrogens with zero attached hydrogens (tertiary/aromatic N) is 1. The largest absolute Gasteiger partial charge is 0.456 e. The fraction of sp³-hybridized carbons (Fsp3) is 0. The average molecular weight is 602 g/mol. The molecule has 0 N–H and O–H groups in total. The van der Waals surface area contributed by atoms with Gasteiger partial charge in [-0.3, -0.25) is 0 Å². The zero-order valence-corrected chi connectivity index (χ0v) is 25.4. The molecule has 47 heavy (non-hydrogen) atoms. The van der Waals surface area contributed by atoms with Crippen LogP contribution in [0.3, 0.4) is 0 Å². The molecule has 2 aromatic heterocycles. The quantitative estimate of drug-likeness (QED) is 0.201. The van der Waals surface area contributed by atoms with E-state index in [4.69, 9.17) is 8.83 Å². The van der Waals surface area contributed by atoms with E-state index < -0.39 is 0 Å². The van der Waals surface area contributed by atoms with Crippen molar-refractivity contribution < 1.29 is 8.83 Å². The molecule has 0 saturated heterocycles. The summed E-state index contributed by atoms with van der Waals surface area (Å²) in [5, 5.41) is 9.24. The van der Waals surface area contributed by atoms with Crippen molar-refractivity contribution in [2.75, 3.05) is 4.90 Å². The Morgan fingerprint density at radius 2 is 0.936 bits per heavy atom. The lowest BCUT2D eigenvalue weighted by molar-refractivity contribution is 0.668. The van der Waals surface area contributed by atoms with E-state index in [9.17, 15) is 0 Å². The molecule has 8 aromatic carbocycles. The van der Waals surface area contributed by atoms with Gasteiger partial charge in [0.05, 0.1) is 11.4 Å². The first-order valence-corrected chi connectivity index (χ1v) is 15.9. The zero-order chi connectivity index (χ0) is 30.9. The summed E-state index contributed by atoms with van der Waals surface area (Å²) in [7, 11) is 0. The van der Waals surface area contributed by atoms with E-state index in [0.717, 1.165) is 66.5 Å². The second kappa shape index (κ2) is 10.1. The van der Waals surface area contributed by atoms with Crippen LogP contribution in [0.2, 0.25) is 0 Å². The van der Waals surface area contributed by atoms with Crippen molar-refractivity contribution in [1.29, 1.82) is 0 Å². The molecular formula is C44H27NO2. The van der Waals surface area contributed by atoms with Gasteiger partial charge < -0.3 is 13.7 Å². The summed E-state index contributed by atoms with van der Waals surface area (Å²) in [5.41, 5.74) is 9.18. The van der Waals surface area contributed by atoms with Crippen molar-refractivity contribution in [3.05, 3.63) is 164 Å². The molecule has 0 aliphatic heterocycles. The van der Waals surface area contributed by atoms with Crippen LogP contribution in [0.4, 0.5) is 17.1 Å². The average Bonchev–Trinajstić information content (AvgIpc) is 3.69. The number of para-hydroxylation sites is 2. The van der Waals surface area contributed by atoms with Crippen LogP contribution in [0.1, 0.15) is 0 Å². The highest BCUT2D eigenvalue weighted by Crippen LogP contribution is 2.45. The van der Waals surface area contributed by atoms with Gasteiger partial charge in [0.15, 0.2) is 0 Å². The zero-order valence-electron chi connectivity index (χ0n) is 25.4. The molecule has 0 amide bonds. The monoisotopic (exact) mass is 601 g/mol. The third-order valence-corrected chi connectivity index (χ3v) is 9.46. The van der Waals surface area contributed by atoms with E-state index in [-0.39, 0.29) is 0 Å². The van der Waals surface area contributed by atoms with Crippen LogP contribution in [0.15, 0.2) is 173 Å². The Morgan fingerprint density at radius 1 is 0.340 bits per heavy atom. The van der Waals surface area contributed by atoms with Crippen LogP contribution in [0.5, 0.6) is 0 Å². The summed E-state index contributed by atoms with van der Waals surface area (Å²) in [4.78, 5) is 2.38. The topological polar surface area (TPSA) is 29.5 Å². The molecule has 0 fully saturated rings. The molecule has 0 bridgehead atoms. The molecule has 3 heteroatoms. The van der Waals surface area contributed by atoms with Crippen LogP contribution >= 0.6 is 0 Å². The highest BCUT2D eigenvalue weighted by molar-refractivity contribution is 6.12. The molecule has 2 heterocycles. The smallest absolute Gasteiger partial charge is 0.137 e. The predicted octanol–water partition coefficient (Wildman–Crippen LogP) is 12.9. The fourth-order valence-electron chi connectivity index (χ4n) is 7.29. The van der Waals surface area contributed by atoms with E-state index in [1.807, 2.05) is 24.3 Å². The van der Waals surface area contributed by atoms with Gasteiger partial charge >= 0.3 is 0 Å². The van der Waals surface area contributed by atoms with E-state index in [0.29, 0.717) is 0 Å². The lowest BCUT2D eigenvalue weighted by Crippen LogP contribution is -2.11. The molecule has 0 spiro atoms. The van der Waals surface area contributed by atoms with Crippen molar-refractivity contribution in [3.63, 3.8) is 0 Å². The second-order valence-electron chi connectivity index (χ2n) is 12.1. The van der Waals surface area contributed by atoms with Crippen LogP contribution in [0, 0.1) is 0 Å². The Bertz CT molecular complexity index is 2820. The number of anilines is 3. The van der Waals surface area contributed by atoms with Crippen molar-refractivity contribution in [2.45, 2.75) is 0 Å². The first kappa shape index (κ1) is 26.0. The van der Waals surface area contributed by atoms with Gasteiger partial charge in [0.25, 0.3) is 0 Å². The van der Waals surface area contributed by atoms with E-state index in [2.05, 4.69) is 144 Å². The summed E-state index contributed by atoms with van der Waals surface area (Å²) in [6.07, 6.45) is 0. The van der Waals surface area contributed by atoms with Gasteiger partial charge in [-0.2, -0.15) is 0 Å². The van der Waals surface area contributed by atoms with Crippen molar-refractivity contribution in [3.8, 4) is 11.1 Å². The molecule has 0 radical (unpaired) electrons. The summed E-state index contributed by atoms with van der Waals surface area (Å²) in [6, 6.07) is 58.0. The molecule has 3 nitrogen and oxygen atoms in total. The van der Waals surface area contributed by atoms with Crippen molar-refractivity contribution >= 4 is 82.5 Å². The van der Waals surface area contributed by atoms with Gasteiger partial charge in [-0.15, -0.1) is 0 Å². The summed E-state index contributed by atoms with van der Waals surface area (Å²) in [5.74, 6) is 0. The third kappa shape index (κ3) is 4.00. The standard InChI is InChI=1S/C44H27NO2/c1-2-12-32-28(10-1)11-9-17-39(32)45(30-21-22-37-35-15-5-7-18-41(35)47-44(37)27-30)40-24-23-31(33-13-3-4-14-34(33)40)29-20-25-43-38(26-29)36-16-6-8-19-42(36)46-43/h1-27H. The summed E-state index contributed by atoms with van der Waals surface area (Å²) >= 11 is 0. The normalized spacial score (nSPS) is 11.8. The number of furan rings is 2. The Balaban J connectivity index is 1.22. The maximum Gasteiger partial charge on any atom is 0.137 e. The van der Waals surface area contributed by atoms with E-state index >= 15 is 0 Å². The molecule has 10 rings (SSSR count). The first-order valence-electron chi connectivity index (χ1n) is 15.9. The van der Waals surface area contributed by atoms with Gasteiger partial charge in [0.1, 0.15) is 22.3 Å². The van der Waals surface area contributed by atoms with Crippen LogP contribution in [0.25, 0.3) is 76.5 Å². The summed E-state index contributed by atoms with van der Waals surface area (Å²) in [6.45, 7) is 0. The number of rotatable bonds is 4. The van der Waals surface area contributed by atoms with Gasteiger partial charge in [0.2, 0.25) is 0 Å². The number of benzene rings is 8. The van der Waals surface area contributed by atoms with E-state index in [1.54, 1.807) is 0 Å². The minimum atomic E-state index is 0.871. The van der Waals surface area contributed by atoms with Crippen LogP contribution in [-0.2, 0) is 0 Å². The molecular weight excluding hydrogens is 574 g/mol. The maximum absolute atomic E-state index is 6.39. The molecule has 0 atom stereocenters. The van der Waals surface area contributed by atoms with Crippen molar-refractivity contribution in [1.82, 2.24) is 0 Å². The van der Waals surface area contributed by atoms with Gasteiger partial charge in [-0.25, -0.2) is 0 Å². The molecule has 0 aliphatic rings. The number of hydrogen-bond donors (Lipinski definition) is 0. The SMILES string of the molecule is c1ccc2c(N(c3ccc4c(c3)oc3ccccc34)c3ccc(-c4ccc5oc6ccccc6c5c4)c4ccccc34)cccc2c1. The molecule has 10 aromatic rings. The van der Waals surface area contributed by atoms with Crippen LogP contribution in [-0.4, -0.2) is 0 Å².